The van der Waals surface area contributed by atoms with Gasteiger partial charge in [0.25, 0.3) is 0 Å². The van der Waals surface area contributed by atoms with Gasteiger partial charge in [0.2, 0.25) is 5.78 Å². The zero-order chi connectivity index (χ0) is 12.3. The van der Waals surface area contributed by atoms with Crippen molar-refractivity contribution in [1.29, 1.82) is 0 Å². The number of hydrogen-bond donors (Lipinski definition) is 0. The Kier molecular flexibility index (Phi) is 3.32. The van der Waals surface area contributed by atoms with E-state index in [1.165, 1.54) is 5.56 Å². The summed E-state index contributed by atoms with van der Waals surface area (Å²) in [6, 6.07) is 10.1. The van der Waals surface area contributed by atoms with Crippen molar-refractivity contribution in [2.24, 2.45) is 0 Å². The molecule has 0 bridgehead atoms. The number of rotatable bonds is 4. The second-order valence-electron chi connectivity index (χ2n) is 4.44. The van der Waals surface area contributed by atoms with E-state index in [1.807, 2.05) is 44.2 Å². The summed E-state index contributed by atoms with van der Waals surface area (Å²) in [5, 5.41) is 0. The minimum atomic E-state index is -0.593. The third kappa shape index (κ3) is 2.26. The number of allylic oxidation sites excluding steroid dienone is 1. The fourth-order valence-corrected chi connectivity index (χ4v) is 2.24. The van der Waals surface area contributed by atoms with Gasteiger partial charge in [-0.25, -0.2) is 0 Å². The van der Waals surface area contributed by atoms with E-state index in [1.54, 1.807) is 6.08 Å². The van der Waals surface area contributed by atoms with Gasteiger partial charge in [-0.15, -0.1) is 0 Å². The minimum absolute atomic E-state index is 0.119. The summed E-state index contributed by atoms with van der Waals surface area (Å²) < 4.78 is 5.88. The highest BCUT2D eigenvalue weighted by Gasteiger charge is 2.41. The highest BCUT2D eigenvalue weighted by molar-refractivity contribution is 5.99. The molecule has 1 aromatic rings. The zero-order valence-electron chi connectivity index (χ0n) is 10.4. The van der Waals surface area contributed by atoms with Crippen LogP contribution in [0.15, 0.2) is 42.2 Å². The van der Waals surface area contributed by atoms with Gasteiger partial charge in [0.05, 0.1) is 0 Å². The van der Waals surface area contributed by atoms with Crippen LogP contribution in [-0.2, 0) is 16.0 Å². The number of ketones is 1. The lowest BCUT2D eigenvalue weighted by molar-refractivity contribution is -0.130. The molecule has 90 valence electrons. The summed E-state index contributed by atoms with van der Waals surface area (Å²) in [5.41, 5.74) is 0.582. The lowest BCUT2D eigenvalue weighted by atomic mass is 9.93. The van der Waals surface area contributed by atoms with Crippen molar-refractivity contribution in [3.8, 4) is 0 Å². The topological polar surface area (TPSA) is 26.3 Å². The van der Waals surface area contributed by atoms with E-state index in [2.05, 4.69) is 0 Å². The molecule has 1 aromatic carbocycles. The van der Waals surface area contributed by atoms with Crippen LogP contribution in [0, 0.1) is 0 Å². The van der Waals surface area contributed by atoms with E-state index in [9.17, 15) is 4.79 Å². The Morgan fingerprint density at radius 3 is 2.29 bits per heavy atom. The average molecular weight is 230 g/mol. The molecule has 0 N–H and O–H groups in total. The summed E-state index contributed by atoms with van der Waals surface area (Å²) in [5.74, 6) is 0.915. The zero-order valence-corrected chi connectivity index (χ0v) is 10.4. The van der Waals surface area contributed by atoms with Crippen molar-refractivity contribution < 1.29 is 9.53 Å². The third-order valence-electron chi connectivity index (χ3n) is 3.43. The van der Waals surface area contributed by atoms with Crippen molar-refractivity contribution in [2.45, 2.75) is 38.7 Å². The van der Waals surface area contributed by atoms with Gasteiger partial charge in [0, 0.05) is 12.5 Å². The van der Waals surface area contributed by atoms with Crippen LogP contribution in [0.2, 0.25) is 0 Å². The number of carbonyl (C=O) groups is 1. The van der Waals surface area contributed by atoms with Crippen LogP contribution >= 0.6 is 0 Å². The van der Waals surface area contributed by atoms with E-state index in [0.717, 1.165) is 18.6 Å². The Balaban J connectivity index is 2.11. The Morgan fingerprint density at radius 2 is 1.76 bits per heavy atom. The smallest absolute Gasteiger partial charge is 0.202 e. The normalized spacial score (nSPS) is 17.8. The summed E-state index contributed by atoms with van der Waals surface area (Å²) >= 11 is 0. The molecule has 0 saturated heterocycles. The predicted octanol–water partition coefficient (Wildman–Crippen LogP) is 3.27. The lowest BCUT2D eigenvalue weighted by Crippen LogP contribution is -2.34. The van der Waals surface area contributed by atoms with Crippen LogP contribution < -0.4 is 0 Å². The molecule has 0 aliphatic carbocycles. The molecule has 0 aromatic heterocycles. The molecule has 0 spiro atoms. The Hall–Kier alpha value is -1.57. The maximum atomic E-state index is 12.0. The standard InChI is InChI=1S/C15H18O2/c1-3-15(4-2)14(16)11-13(17-15)10-12-8-6-5-7-9-12/h5-9,11H,3-4,10H2,1-2H3. The molecular formula is C15H18O2. The number of benzene rings is 1. The molecule has 1 aliphatic rings. The second kappa shape index (κ2) is 4.74. The van der Waals surface area contributed by atoms with Crippen LogP contribution in [0.5, 0.6) is 0 Å². The van der Waals surface area contributed by atoms with E-state index < -0.39 is 5.60 Å². The molecule has 2 nitrogen and oxygen atoms in total. The second-order valence-corrected chi connectivity index (χ2v) is 4.44. The molecule has 0 radical (unpaired) electrons. The highest BCUT2D eigenvalue weighted by atomic mass is 16.5. The first-order valence-corrected chi connectivity index (χ1v) is 6.18. The molecule has 2 heteroatoms. The van der Waals surface area contributed by atoms with Gasteiger partial charge in [-0.3, -0.25) is 4.79 Å². The van der Waals surface area contributed by atoms with Crippen molar-refractivity contribution >= 4 is 5.78 Å². The van der Waals surface area contributed by atoms with Crippen LogP contribution in [0.1, 0.15) is 32.3 Å². The molecule has 2 rings (SSSR count). The summed E-state index contributed by atoms with van der Waals surface area (Å²) in [6.07, 6.45) is 3.84. The number of ether oxygens (including phenoxy) is 1. The molecule has 0 amide bonds. The molecule has 0 atom stereocenters. The van der Waals surface area contributed by atoms with Crippen molar-refractivity contribution in [3.05, 3.63) is 47.7 Å². The van der Waals surface area contributed by atoms with E-state index in [-0.39, 0.29) is 5.78 Å². The van der Waals surface area contributed by atoms with Crippen LogP contribution in [-0.4, -0.2) is 11.4 Å². The molecule has 0 fully saturated rings. The fourth-order valence-electron chi connectivity index (χ4n) is 2.24. The minimum Gasteiger partial charge on any atom is -0.483 e. The number of carbonyl (C=O) groups excluding carboxylic acids is 1. The van der Waals surface area contributed by atoms with Gasteiger partial charge in [-0.1, -0.05) is 44.2 Å². The van der Waals surface area contributed by atoms with Gasteiger partial charge in [-0.2, -0.15) is 0 Å². The van der Waals surface area contributed by atoms with Crippen molar-refractivity contribution in [2.75, 3.05) is 0 Å². The summed E-state index contributed by atoms with van der Waals surface area (Å²) in [6.45, 7) is 4.00. The monoisotopic (exact) mass is 230 g/mol. The van der Waals surface area contributed by atoms with E-state index in [0.29, 0.717) is 6.42 Å². The van der Waals surface area contributed by atoms with Crippen molar-refractivity contribution in [1.82, 2.24) is 0 Å². The lowest BCUT2D eigenvalue weighted by Gasteiger charge is -2.25. The quantitative estimate of drug-likeness (QED) is 0.793. The number of hydrogen-bond acceptors (Lipinski definition) is 2. The van der Waals surface area contributed by atoms with Crippen molar-refractivity contribution in [3.63, 3.8) is 0 Å². The Bertz CT molecular complexity index is 427. The molecular weight excluding hydrogens is 212 g/mol. The van der Waals surface area contributed by atoms with E-state index >= 15 is 0 Å². The summed E-state index contributed by atoms with van der Waals surface area (Å²) in [4.78, 5) is 12.0. The third-order valence-corrected chi connectivity index (χ3v) is 3.43. The van der Waals surface area contributed by atoms with Crippen LogP contribution in [0.25, 0.3) is 0 Å². The molecule has 0 saturated carbocycles. The fraction of sp³-hybridized carbons (Fsp3) is 0.400. The highest BCUT2D eigenvalue weighted by Crippen LogP contribution is 2.32. The molecule has 0 unspecified atom stereocenters. The van der Waals surface area contributed by atoms with Gasteiger partial charge >= 0.3 is 0 Å². The van der Waals surface area contributed by atoms with Crippen LogP contribution in [0.4, 0.5) is 0 Å². The average Bonchev–Trinajstić information content (AvgIpc) is 2.67. The first-order chi connectivity index (χ1) is 8.20. The van der Waals surface area contributed by atoms with Crippen LogP contribution in [0.3, 0.4) is 0 Å². The van der Waals surface area contributed by atoms with Gasteiger partial charge in [0.15, 0.2) is 5.60 Å². The maximum absolute atomic E-state index is 12.0. The molecule has 1 aliphatic heterocycles. The largest absolute Gasteiger partial charge is 0.483 e. The SMILES string of the molecule is CCC1(CC)OC(Cc2ccccc2)=CC1=O. The maximum Gasteiger partial charge on any atom is 0.202 e. The first-order valence-electron chi connectivity index (χ1n) is 6.18. The summed E-state index contributed by atoms with van der Waals surface area (Å²) in [7, 11) is 0. The molecule has 1 heterocycles. The molecule has 17 heavy (non-hydrogen) atoms. The van der Waals surface area contributed by atoms with Gasteiger partial charge < -0.3 is 4.74 Å². The predicted molar refractivity (Wildman–Crippen MR) is 67.6 cm³/mol. The Morgan fingerprint density at radius 1 is 1.12 bits per heavy atom. The van der Waals surface area contributed by atoms with Gasteiger partial charge in [0.1, 0.15) is 5.76 Å². The first kappa shape index (κ1) is 11.9. The van der Waals surface area contributed by atoms with E-state index in [4.69, 9.17) is 4.74 Å². The Labute approximate surface area is 102 Å². The van der Waals surface area contributed by atoms with Gasteiger partial charge in [-0.05, 0) is 18.4 Å².